The minimum atomic E-state index is -4.07. The molecular weight excluding hydrogens is 380 g/mol. The van der Waals surface area contributed by atoms with Crippen LogP contribution in [0.4, 0.5) is 5.69 Å². The average Bonchev–Trinajstić information content (AvgIpc) is 2.53. The molecule has 0 fully saturated rings. The van der Waals surface area contributed by atoms with Gasteiger partial charge in [-0.05, 0) is 35.2 Å². The van der Waals surface area contributed by atoms with E-state index in [2.05, 4.69) is 9.71 Å². The number of rotatable bonds is 5. The summed E-state index contributed by atoms with van der Waals surface area (Å²) in [6.45, 7) is 5.90. The van der Waals surface area contributed by atoms with E-state index in [9.17, 15) is 13.2 Å². The highest BCUT2D eigenvalue weighted by atomic mass is 35.5. The monoisotopic (exact) mass is 398 g/mol. The van der Waals surface area contributed by atoms with Gasteiger partial charge in [0, 0.05) is 6.20 Å². The molecule has 2 rings (SSSR count). The van der Waals surface area contributed by atoms with Gasteiger partial charge in [-0.2, -0.15) is 0 Å². The Morgan fingerprint density at radius 1 is 1.27 bits per heavy atom. The summed E-state index contributed by atoms with van der Waals surface area (Å²) in [5, 5.41) is 9.07. The predicted octanol–water partition coefficient (Wildman–Crippen LogP) is 3.54. The van der Waals surface area contributed by atoms with Crippen molar-refractivity contribution >= 4 is 33.3 Å². The molecule has 0 aliphatic rings. The lowest BCUT2D eigenvalue weighted by atomic mass is 9.88. The summed E-state index contributed by atoms with van der Waals surface area (Å²) in [6, 6.07) is 5.09. The number of nitrogens with zero attached hydrogens (tertiary/aromatic N) is 1. The maximum atomic E-state index is 12.7. The Morgan fingerprint density at radius 2 is 1.92 bits per heavy atom. The van der Waals surface area contributed by atoms with Crippen molar-refractivity contribution in [1.82, 2.24) is 4.98 Å². The maximum Gasteiger partial charge on any atom is 0.337 e. The lowest BCUT2D eigenvalue weighted by Crippen LogP contribution is -2.17. The Kier molecular flexibility index (Phi) is 5.48. The highest BCUT2D eigenvalue weighted by Gasteiger charge is 2.22. The fourth-order valence-corrected chi connectivity index (χ4v) is 3.41. The first-order valence-electron chi connectivity index (χ1n) is 7.56. The summed E-state index contributed by atoms with van der Waals surface area (Å²) in [6.07, 6.45) is 1.61. The molecule has 26 heavy (non-hydrogen) atoms. The lowest BCUT2D eigenvalue weighted by Gasteiger charge is -2.20. The first-order valence-corrected chi connectivity index (χ1v) is 9.42. The smallest absolute Gasteiger partial charge is 0.337 e. The van der Waals surface area contributed by atoms with E-state index in [1.165, 1.54) is 19.2 Å². The van der Waals surface area contributed by atoms with Crippen LogP contribution in [0.2, 0.25) is 5.02 Å². The number of sulfonamides is 1. The van der Waals surface area contributed by atoms with Crippen LogP contribution in [0.15, 0.2) is 35.4 Å². The summed E-state index contributed by atoms with van der Waals surface area (Å²) >= 11 is 5.79. The quantitative estimate of drug-likeness (QED) is 0.797. The van der Waals surface area contributed by atoms with Gasteiger partial charge >= 0.3 is 5.97 Å². The molecule has 0 aliphatic carbocycles. The molecule has 0 spiro atoms. The largest absolute Gasteiger partial charge is 0.480 e. The first-order chi connectivity index (χ1) is 12.0. The molecule has 0 saturated heterocycles. The molecule has 1 heterocycles. The molecule has 0 amide bonds. The number of carboxylic acids is 1. The van der Waals surface area contributed by atoms with Gasteiger partial charge in [-0.1, -0.05) is 32.4 Å². The van der Waals surface area contributed by atoms with Gasteiger partial charge in [0.15, 0.2) is 0 Å². The van der Waals surface area contributed by atoms with E-state index in [1.54, 1.807) is 12.3 Å². The van der Waals surface area contributed by atoms with E-state index in [-0.39, 0.29) is 32.5 Å². The SMILES string of the molecule is COc1ncc(C(C)(C)C)cc1NS(=O)(=O)c1ccc(Cl)c(C(=O)O)c1. The molecule has 0 saturated carbocycles. The van der Waals surface area contributed by atoms with Gasteiger partial charge in [0.25, 0.3) is 10.0 Å². The standard InChI is InChI=1S/C17H19ClN2O5S/c1-17(2,3)10-7-14(15(25-4)19-9-10)20-26(23,24)11-5-6-13(18)12(8-11)16(21)22/h5-9,20H,1-4H3,(H,21,22). The van der Waals surface area contributed by atoms with Crippen LogP contribution in [0.3, 0.4) is 0 Å². The van der Waals surface area contributed by atoms with Crippen molar-refractivity contribution in [3.05, 3.63) is 46.6 Å². The number of methoxy groups -OCH3 is 1. The van der Waals surface area contributed by atoms with E-state index in [1.807, 2.05) is 20.8 Å². The van der Waals surface area contributed by atoms with Crippen molar-refractivity contribution in [3.63, 3.8) is 0 Å². The van der Waals surface area contributed by atoms with Gasteiger partial charge in [-0.3, -0.25) is 4.72 Å². The molecule has 0 unspecified atom stereocenters. The Morgan fingerprint density at radius 3 is 2.46 bits per heavy atom. The highest BCUT2D eigenvalue weighted by molar-refractivity contribution is 7.92. The first kappa shape index (κ1) is 20.0. The van der Waals surface area contributed by atoms with E-state index in [0.717, 1.165) is 11.6 Å². The van der Waals surface area contributed by atoms with Gasteiger partial charge in [0.1, 0.15) is 5.69 Å². The van der Waals surface area contributed by atoms with Crippen molar-refractivity contribution < 1.29 is 23.1 Å². The number of anilines is 1. The molecule has 7 nitrogen and oxygen atoms in total. The number of carboxylic acid groups (broad SMARTS) is 1. The lowest BCUT2D eigenvalue weighted by molar-refractivity contribution is 0.0697. The Balaban J connectivity index is 2.50. The van der Waals surface area contributed by atoms with Crippen molar-refractivity contribution in [3.8, 4) is 5.88 Å². The second kappa shape index (κ2) is 7.13. The zero-order valence-electron chi connectivity index (χ0n) is 14.7. The third-order valence-electron chi connectivity index (χ3n) is 3.63. The fraction of sp³-hybridized carbons (Fsp3) is 0.294. The highest BCUT2D eigenvalue weighted by Crippen LogP contribution is 2.31. The van der Waals surface area contributed by atoms with Crippen LogP contribution in [0.25, 0.3) is 0 Å². The second-order valence-corrected chi connectivity index (χ2v) is 8.67. The zero-order chi connectivity index (χ0) is 19.7. The number of nitrogens with one attached hydrogen (secondary N) is 1. The molecule has 1 aromatic heterocycles. The summed E-state index contributed by atoms with van der Waals surface area (Å²) in [7, 11) is -2.70. The number of halogens is 1. The Hall–Kier alpha value is -2.32. The number of hydrogen-bond acceptors (Lipinski definition) is 5. The van der Waals surface area contributed by atoms with Gasteiger partial charge in [0.05, 0.1) is 22.6 Å². The zero-order valence-corrected chi connectivity index (χ0v) is 16.3. The average molecular weight is 399 g/mol. The van der Waals surface area contributed by atoms with E-state index in [0.29, 0.717) is 0 Å². The fourth-order valence-electron chi connectivity index (χ4n) is 2.14. The Bertz CT molecular complexity index is 952. The van der Waals surface area contributed by atoms with Gasteiger partial charge in [0.2, 0.25) is 5.88 Å². The third kappa shape index (κ3) is 4.25. The number of aromatic carboxylic acids is 1. The van der Waals surface area contributed by atoms with Crippen molar-refractivity contribution in [2.75, 3.05) is 11.8 Å². The molecule has 9 heteroatoms. The van der Waals surface area contributed by atoms with E-state index >= 15 is 0 Å². The Labute approximate surface area is 157 Å². The number of hydrogen-bond donors (Lipinski definition) is 2. The topological polar surface area (TPSA) is 106 Å². The van der Waals surface area contributed by atoms with E-state index < -0.39 is 16.0 Å². The van der Waals surface area contributed by atoms with Gasteiger partial charge in [-0.15, -0.1) is 0 Å². The number of pyridine rings is 1. The van der Waals surface area contributed by atoms with Crippen LogP contribution >= 0.6 is 11.6 Å². The molecule has 0 radical (unpaired) electrons. The van der Waals surface area contributed by atoms with Crippen LogP contribution in [0, 0.1) is 0 Å². The van der Waals surface area contributed by atoms with Gasteiger partial charge in [-0.25, -0.2) is 18.2 Å². The molecule has 2 N–H and O–H groups in total. The number of carbonyl (C=O) groups is 1. The maximum absolute atomic E-state index is 12.7. The van der Waals surface area contributed by atoms with Crippen LogP contribution in [0.5, 0.6) is 5.88 Å². The van der Waals surface area contributed by atoms with Crippen molar-refractivity contribution in [2.45, 2.75) is 31.1 Å². The predicted molar refractivity (Wildman–Crippen MR) is 98.7 cm³/mol. The number of aromatic nitrogens is 1. The molecule has 1 aromatic carbocycles. The molecule has 0 atom stereocenters. The molecule has 0 bridgehead atoms. The van der Waals surface area contributed by atoms with Crippen molar-refractivity contribution in [1.29, 1.82) is 0 Å². The summed E-state index contributed by atoms with van der Waals surface area (Å²) in [5.74, 6) is -1.21. The second-order valence-electron chi connectivity index (χ2n) is 6.58. The molecule has 0 aliphatic heterocycles. The third-order valence-corrected chi connectivity index (χ3v) is 5.33. The number of ether oxygens (including phenoxy) is 1. The number of benzene rings is 1. The summed E-state index contributed by atoms with van der Waals surface area (Å²) < 4.78 is 32.9. The minimum Gasteiger partial charge on any atom is -0.480 e. The van der Waals surface area contributed by atoms with E-state index in [4.69, 9.17) is 21.4 Å². The van der Waals surface area contributed by atoms with Crippen molar-refractivity contribution in [2.24, 2.45) is 0 Å². The molecular formula is C17H19ClN2O5S. The van der Waals surface area contributed by atoms with Crippen LogP contribution < -0.4 is 9.46 Å². The van der Waals surface area contributed by atoms with Gasteiger partial charge < -0.3 is 9.84 Å². The van der Waals surface area contributed by atoms with Crippen LogP contribution in [0.1, 0.15) is 36.7 Å². The van der Waals surface area contributed by atoms with Crippen LogP contribution in [-0.4, -0.2) is 31.6 Å². The normalized spacial score (nSPS) is 11.9. The minimum absolute atomic E-state index is 0.0505. The molecule has 2 aromatic rings. The summed E-state index contributed by atoms with van der Waals surface area (Å²) in [5.41, 5.74) is 0.407. The molecule has 140 valence electrons. The van der Waals surface area contributed by atoms with Crippen LogP contribution in [-0.2, 0) is 15.4 Å². The summed E-state index contributed by atoms with van der Waals surface area (Å²) in [4.78, 5) is 15.1.